The first-order chi connectivity index (χ1) is 11.7. The summed E-state index contributed by atoms with van der Waals surface area (Å²) in [5, 5.41) is 5.56. The van der Waals surface area contributed by atoms with Crippen LogP contribution in [0.3, 0.4) is 0 Å². The molecule has 1 aliphatic heterocycles. The Labute approximate surface area is 141 Å². The average molecular weight is 329 g/mol. The number of amides is 2. The van der Waals surface area contributed by atoms with Gasteiger partial charge in [0.1, 0.15) is 11.6 Å². The van der Waals surface area contributed by atoms with Crippen molar-refractivity contribution in [2.75, 3.05) is 38.1 Å². The second-order valence-corrected chi connectivity index (χ2v) is 5.93. The normalized spacial score (nSPS) is 15.3. The number of carbonyl (C=O) groups is 1. The van der Waals surface area contributed by atoms with E-state index in [1.165, 1.54) is 0 Å². The minimum atomic E-state index is -0.227. The van der Waals surface area contributed by atoms with Crippen molar-refractivity contribution in [1.29, 1.82) is 0 Å². The summed E-state index contributed by atoms with van der Waals surface area (Å²) < 4.78 is 5.16. The Morgan fingerprint density at radius 1 is 1.17 bits per heavy atom. The molecule has 7 nitrogen and oxygen atoms in total. The molecule has 0 aliphatic carbocycles. The van der Waals surface area contributed by atoms with Gasteiger partial charge in [-0.25, -0.2) is 9.78 Å². The second kappa shape index (κ2) is 7.83. The molecule has 1 saturated heterocycles. The minimum Gasteiger partial charge on any atom is -0.467 e. The zero-order valence-electron chi connectivity index (χ0n) is 13.9. The Kier molecular flexibility index (Phi) is 5.32. The number of likely N-dealkylation sites (N-methyl/N-ethyl adjacent to an activating group) is 1. The number of hydrogen-bond donors (Lipinski definition) is 2. The smallest absolute Gasteiger partial charge is 0.315 e. The van der Waals surface area contributed by atoms with Crippen molar-refractivity contribution in [3.05, 3.63) is 48.0 Å². The summed E-state index contributed by atoms with van der Waals surface area (Å²) in [7, 11) is 2.14. The van der Waals surface area contributed by atoms with Gasteiger partial charge in [0.15, 0.2) is 0 Å². The highest BCUT2D eigenvalue weighted by molar-refractivity contribution is 5.73. The van der Waals surface area contributed by atoms with Crippen LogP contribution in [0.1, 0.15) is 11.3 Å². The number of carbonyl (C=O) groups excluding carboxylic acids is 1. The SMILES string of the molecule is CN1CCN(c2ccc(CNC(=O)NCc3ccco3)cn2)CC1. The Balaban J connectivity index is 1.43. The molecule has 2 N–H and O–H groups in total. The first-order valence-electron chi connectivity index (χ1n) is 8.13. The van der Waals surface area contributed by atoms with Gasteiger partial charge in [-0.1, -0.05) is 6.07 Å². The molecule has 0 spiro atoms. The molecule has 2 amide bonds. The summed E-state index contributed by atoms with van der Waals surface area (Å²) in [6, 6.07) is 7.41. The molecule has 24 heavy (non-hydrogen) atoms. The summed E-state index contributed by atoms with van der Waals surface area (Å²) in [6.45, 7) is 4.92. The number of piperazine rings is 1. The van der Waals surface area contributed by atoms with E-state index in [1.807, 2.05) is 24.4 Å². The first-order valence-corrected chi connectivity index (χ1v) is 8.13. The van der Waals surface area contributed by atoms with Crippen LogP contribution in [0.15, 0.2) is 41.1 Å². The first kappa shape index (κ1) is 16.3. The molecule has 0 aromatic carbocycles. The average Bonchev–Trinajstić information content (AvgIpc) is 3.13. The monoisotopic (exact) mass is 329 g/mol. The van der Waals surface area contributed by atoms with Crippen LogP contribution in [0.25, 0.3) is 0 Å². The van der Waals surface area contributed by atoms with Crippen molar-refractivity contribution >= 4 is 11.8 Å². The fraction of sp³-hybridized carbons (Fsp3) is 0.412. The van der Waals surface area contributed by atoms with Gasteiger partial charge in [0.25, 0.3) is 0 Å². The molecule has 1 fully saturated rings. The van der Waals surface area contributed by atoms with Crippen molar-refractivity contribution in [3.63, 3.8) is 0 Å². The van der Waals surface area contributed by atoms with Crippen LogP contribution in [0.5, 0.6) is 0 Å². The number of nitrogens with one attached hydrogen (secondary N) is 2. The third-order valence-electron chi connectivity index (χ3n) is 4.09. The highest BCUT2D eigenvalue weighted by Crippen LogP contribution is 2.13. The van der Waals surface area contributed by atoms with Crippen molar-refractivity contribution in [2.24, 2.45) is 0 Å². The molecule has 128 valence electrons. The van der Waals surface area contributed by atoms with Gasteiger partial charge in [0, 0.05) is 38.9 Å². The lowest BCUT2D eigenvalue weighted by atomic mass is 10.2. The highest BCUT2D eigenvalue weighted by Gasteiger charge is 2.14. The topological polar surface area (TPSA) is 73.6 Å². The van der Waals surface area contributed by atoms with Gasteiger partial charge < -0.3 is 24.9 Å². The van der Waals surface area contributed by atoms with Crippen molar-refractivity contribution < 1.29 is 9.21 Å². The number of urea groups is 1. The van der Waals surface area contributed by atoms with E-state index < -0.39 is 0 Å². The quantitative estimate of drug-likeness (QED) is 0.868. The molecular weight excluding hydrogens is 306 g/mol. The highest BCUT2D eigenvalue weighted by atomic mass is 16.3. The molecule has 2 aromatic heterocycles. The van der Waals surface area contributed by atoms with E-state index in [0.717, 1.165) is 43.3 Å². The molecule has 0 unspecified atom stereocenters. The lowest BCUT2D eigenvalue weighted by molar-refractivity contribution is 0.239. The minimum absolute atomic E-state index is 0.227. The van der Waals surface area contributed by atoms with Crippen molar-refractivity contribution in [3.8, 4) is 0 Å². The summed E-state index contributed by atoms with van der Waals surface area (Å²) in [4.78, 5) is 20.9. The number of hydrogen-bond acceptors (Lipinski definition) is 5. The molecule has 2 aromatic rings. The Hall–Kier alpha value is -2.54. The van der Waals surface area contributed by atoms with Crippen LogP contribution in [0.2, 0.25) is 0 Å². The number of furan rings is 1. The third kappa shape index (κ3) is 4.48. The maximum atomic E-state index is 11.8. The lowest BCUT2D eigenvalue weighted by Gasteiger charge is -2.33. The molecule has 1 aliphatic rings. The van der Waals surface area contributed by atoms with E-state index in [9.17, 15) is 4.79 Å². The lowest BCUT2D eigenvalue weighted by Crippen LogP contribution is -2.44. The number of rotatable bonds is 5. The van der Waals surface area contributed by atoms with Gasteiger partial charge in [0.2, 0.25) is 0 Å². The molecule has 0 saturated carbocycles. The molecule has 3 heterocycles. The molecule has 0 radical (unpaired) electrons. The molecule has 3 rings (SSSR count). The van der Waals surface area contributed by atoms with Crippen LogP contribution in [-0.4, -0.2) is 49.1 Å². The number of anilines is 1. The fourth-order valence-electron chi connectivity index (χ4n) is 2.57. The molecule has 7 heteroatoms. The maximum Gasteiger partial charge on any atom is 0.315 e. The maximum absolute atomic E-state index is 11.8. The van der Waals surface area contributed by atoms with Crippen LogP contribution < -0.4 is 15.5 Å². The van der Waals surface area contributed by atoms with Crippen LogP contribution >= 0.6 is 0 Å². The van der Waals surface area contributed by atoms with E-state index in [1.54, 1.807) is 12.3 Å². The largest absolute Gasteiger partial charge is 0.467 e. The van der Waals surface area contributed by atoms with Crippen molar-refractivity contribution in [2.45, 2.75) is 13.1 Å². The molecular formula is C17H23N5O2. The van der Waals surface area contributed by atoms with Gasteiger partial charge in [-0.05, 0) is 30.8 Å². The van der Waals surface area contributed by atoms with E-state index in [4.69, 9.17) is 4.42 Å². The summed E-state index contributed by atoms with van der Waals surface area (Å²) in [5.74, 6) is 1.72. The molecule has 0 atom stereocenters. The predicted octanol–water partition coefficient (Wildman–Crippen LogP) is 1.43. The van der Waals surface area contributed by atoms with Crippen molar-refractivity contribution in [1.82, 2.24) is 20.5 Å². The fourth-order valence-corrected chi connectivity index (χ4v) is 2.57. The van der Waals surface area contributed by atoms with E-state index in [-0.39, 0.29) is 6.03 Å². The predicted molar refractivity (Wildman–Crippen MR) is 91.7 cm³/mol. The van der Waals surface area contributed by atoms with Crippen LogP contribution in [0.4, 0.5) is 10.6 Å². The van der Waals surface area contributed by atoms with E-state index >= 15 is 0 Å². The summed E-state index contributed by atoms with van der Waals surface area (Å²) in [5.41, 5.74) is 0.973. The molecule has 0 bridgehead atoms. The van der Waals surface area contributed by atoms with E-state index in [0.29, 0.717) is 13.1 Å². The van der Waals surface area contributed by atoms with Crippen LogP contribution in [-0.2, 0) is 13.1 Å². The Bertz CT molecular complexity index is 634. The second-order valence-electron chi connectivity index (χ2n) is 5.93. The Morgan fingerprint density at radius 3 is 2.62 bits per heavy atom. The third-order valence-corrected chi connectivity index (χ3v) is 4.09. The van der Waals surface area contributed by atoms with Gasteiger partial charge in [-0.3, -0.25) is 0 Å². The zero-order valence-corrected chi connectivity index (χ0v) is 13.9. The number of nitrogens with zero attached hydrogens (tertiary/aromatic N) is 3. The van der Waals surface area contributed by atoms with Gasteiger partial charge >= 0.3 is 6.03 Å². The van der Waals surface area contributed by atoms with Gasteiger partial charge in [0.05, 0.1) is 12.8 Å². The number of aromatic nitrogens is 1. The Morgan fingerprint density at radius 2 is 1.96 bits per heavy atom. The van der Waals surface area contributed by atoms with E-state index in [2.05, 4.69) is 32.5 Å². The standard InChI is InChI=1S/C17H23N5O2/c1-21-6-8-22(9-7-21)16-5-4-14(11-18-16)12-19-17(23)20-13-15-3-2-10-24-15/h2-5,10-11H,6-9,12-13H2,1H3,(H2,19,20,23). The van der Waals surface area contributed by atoms with Gasteiger partial charge in [-0.2, -0.15) is 0 Å². The number of pyridine rings is 1. The zero-order chi connectivity index (χ0) is 16.8. The van der Waals surface area contributed by atoms with Gasteiger partial charge in [-0.15, -0.1) is 0 Å². The summed E-state index contributed by atoms with van der Waals surface area (Å²) in [6.07, 6.45) is 3.41. The summed E-state index contributed by atoms with van der Waals surface area (Å²) >= 11 is 0. The van der Waals surface area contributed by atoms with Crippen LogP contribution in [0, 0.1) is 0 Å².